The topological polar surface area (TPSA) is 87.0 Å². The van der Waals surface area contributed by atoms with Gasteiger partial charge in [-0.05, 0) is 25.1 Å². The molecule has 0 aliphatic heterocycles. The van der Waals surface area contributed by atoms with Crippen LogP contribution in [0.25, 0.3) is 11.0 Å². The first-order valence-corrected chi connectivity index (χ1v) is 4.85. The quantitative estimate of drug-likeness (QED) is 0.716. The lowest BCUT2D eigenvalue weighted by Gasteiger charge is -2.04. The van der Waals surface area contributed by atoms with E-state index in [1.807, 2.05) is 0 Å². The molecule has 16 heavy (non-hydrogen) atoms. The van der Waals surface area contributed by atoms with E-state index in [1.54, 1.807) is 25.1 Å². The molecule has 0 aliphatic carbocycles. The number of amides is 1. The molecule has 6 nitrogen and oxygen atoms in total. The summed E-state index contributed by atoms with van der Waals surface area (Å²) in [5.41, 5.74) is 1.63. The van der Waals surface area contributed by atoms with Gasteiger partial charge in [0.25, 0.3) is 0 Å². The van der Waals surface area contributed by atoms with Crippen molar-refractivity contribution in [2.75, 3.05) is 11.9 Å². The molecule has 1 amide bonds. The third-order valence-electron chi connectivity index (χ3n) is 2.04. The van der Waals surface area contributed by atoms with Crippen molar-refractivity contribution in [3.63, 3.8) is 0 Å². The summed E-state index contributed by atoms with van der Waals surface area (Å²) >= 11 is 0. The summed E-state index contributed by atoms with van der Waals surface area (Å²) < 4.78 is 4.73. The standard InChI is InChI=1S/C10H11N3O3/c1-2-16-10(15)11-6-3-4-7-8(5-6)13-9(14)12-7/h3-5H,2H2,1H3,(H,11,15)(H2,12,13,14). The number of anilines is 1. The molecule has 3 N–H and O–H groups in total. The molecular weight excluding hydrogens is 210 g/mol. The molecule has 2 rings (SSSR count). The van der Waals surface area contributed by atoms with Crippen LogP contribution >= 0.6 is 0 Å². The molecule has 0 radical (unpaired) electrons. The highest BCUT2D eigenvalue weighted by Crippen LogP contribution is 2.14. The van der Waals surface area contributed by atoms with Gasteiger partial charge in [-0.15, -0.1) is 0 Å². The van der Waals surface area contributed by atoms with Crippen molar-refractivity contribution >= 4 is 22.8 Å². The van der Waals surface area contributed by atoms with Crippen molar-refractivity contribution in [2.24, 2.45) is 0 Å². The molecule has 0 atom stereocenters. The van der Waals surface area contributed by atoms with Gasteiger partial charge in [-0.3, -0.25) is 5.32 Å². The van der Waals surface area contributed by atoms with E-state index in [9.17, 15) is 9.59 Å². The van der Waals surface area contributed by atoms with Gasteiger partial charge in [-0.25, -0.2) is 9.59 Å². The van der Waals surface area contributed by atoms with Crippen molar-refractivity contribution in [1.82, 2.24) is 9.97 Å². The number of fused-ring (bicyclic) bond motifs is 1. The minimum Gasteiger partial charge on any atom is -0.450 e. The third kappa shape index (κ3) is 2.05. The Morgan fingerprint density at radius 1 is 1.38 bits per heavy atom. The van der Waals surface area contributed by atoms with Crippen molar-refractivity contribution in [2.45, 2.75) is 6.92 Å². The first-order chi connectivity index (χ1) is 7.69. The fourth-order valence-corrected chi connectivity index (χ4v) is 1.40. The summed E-state index contributed by atoms with van der Waals surface area (Å²) in [5, 5.41) is 2.55. The maximum Gasteiger partial charge on any atom is 0.411 e. The summed E-state index contributed by atoms with van der Waals surface area (Å²) in [6, 6.07) is 5.04. The lowest BCUT2D eigenvalue weighted by Crippen LogP contribution is -2.13. The zero-order valence-corrected chi connectivity index (χ0v) is 8.66. The monoisotopic (exact) mass is 221 g/mol. The highest BCUT2D eigenvalue weighted by atomic mass is 16.5. The van der Waals surface area contributed by atoms with Crippen LogP contribution in [0.4, 0.5) is 10.5 Å². The smallest absolute Gasteiger partial charge is 0.411 e. The zero-order valence-electron chi connectivity index (χ0n) is 8.66. The molecule has 6 heteroatoms. The number of hydrogen-bond donors (Lipinski definition) is 3. The minimum atomic E-state index is -0.514. The number of ether oxygens (including phenoxy) is 1. The fourth-order valence-electron chi connectivity index (χ4n) is 1.40. The normalized spacial score (nSPS) is 10.3. The van der Waals surface area contributed by atoms with E-state index in [2.05, 4.69) is 15.3 Å². The number of carbonyl (C=O) groups excluding carboxylic acids is 1. The molecular formula is C10H11N3O3. The predicted molar refractivity (Wildman–Crippen MR) is 59.6 cm³/mol. The number of aromatic nitrogens is 2. The average molecular weight is 221 g/mol. The van der Waals surface area contributed by atoms with Crippen molar-refractivity contribution in [3.8, 4) is 0 Å². The molecule has 1 aromatic carbocycles. The van der Waals surface area contributed by atoms with Gasteiger partial charge in [0.15, 0.2) is 0 Å². The Morgan fingerprint density at radius 3 is 2.88 bits per heavy atom. The van der Waals surface area contributed by atoms with E-state index in [1.165, 1.54) is 0 Å². The number of imidazole rings is 1. The molecule has 2 aromatic rings. The van der Waals surface area contributed by atoms with Crippen LogP contribution in [0.3, 0.4) is 0 Å². The van der Waals surface area contributed by atoms with Crippen LogP contribution in [0.2, 0.25) is 0 Å². The molecule has 0 saturated carbocycles. The molecule has 0 spiro atoms. The zero-order chi connectivity index (χ0) is 11.5. The van der Waals surface area contributed by atoms with Gasteiger partial charge in [0.2, 0.25) is 0 Å². The Labute approximate surface area is 90.6 Å². The molecule has 1 heterocycles. The minimum absolute atomic E-state index is 0.275. The molecule has 0 bridgehead atoms. The van der Waals surface area contributed by atoms with Crippen molar-refractivity contribution in [1.29, 1.82) is 0 Å². The maximum absolute atomic E-state index is 11.1. The van der Waals surface area contributed by atoms with Gasteiger partial charge < -0.3 is 14.7 Å². The average Bonchev–Trinajstić information content (AvgIpc) is 2.57. The van der Waals surface area contributed by atoms with Crippen LogP contribution in [-0.4, -0.2) is 22.7 Å². The highest BCUT2D eigenvalue weighted by Gasteiger charge is 2.03. The second-order valence-electron chi connectivity index (χ2n) is 3.18. The van der Waals surface area contributed by atoms with E-state index < -0.39 is 6.09 Å². The van der Waals surface area contributed by atoms with Crippen LogP contribution in [0.15, 0.2) is 23.0 Å². The second-order valence-corrected chi connectivity index (χ2v) is 3.18. The second kappa shape index (κ2) is 4.09. The lowest BCUT2D eigenvalue weighted by atomic mass is 10.3. The van der Waals surface area contributed by atoms with Crippen LogP contribution < -0.4 is 11.0 Å². The molecule has 0 saturated heterocycles. The van der Waals surface area contributed by atoms with Gasteiger partial charge in [-0.2, -0.15) is 0 Å². The summed E-state index contributed by atoms with van der Waals surface area (Å²) in [6.07, 6.45) is -0.514. The van der Waals surface area contributed by atoms with E-state index in [0.29, 0.717) is 23.3 Å². The summed E-state index contributed by atoms with van der Waals surface area (Å²) in [7, 11) is 0. The van der Waals surface area contributed by atoms with Crippen LogP contribution in [0.5, 0.6) is 0 Å². The van der Waals surface area contributed by atoms with Crippen LogP contribution in [0, 0.1) is 0 Å². The number of benzene rings is 1. The number of hydrogen-bond acceptors (Lipinski definition) is 3. The summed E-state index contributed by atoms with van der Waals surface area (Å²) in [5.74, 6) is 0. The molecule has 0 unspecified atom stereocenters. The first-order valence-electron chi connectivity index (χ1n) is 4.85. The van der Waals surface area contributed by atoms with Gasteiger partial charge in [-0.1, -0.05) is 0 Å². The maximum atomic E-state index is 11.1. The Balaban J connectivity index is 2.25. The fraction of sp³-hybridized carbons (Fsp3) is 0.200. The van der Waals surface area contributed by atoms with E-state index >= 15 is 0 Å². The van der Waals surface area contributed by atoms with E-state index in [-0.39, 0.29) is 5.69 Å². The highest BCUT2D eigenvalue weighted by molar-refractivity contribution is 5.88. The first kappa shape index (κ1) is 10.3. The van der Waals surface area contributed by atoms with Crippen molar-refractivity contribution < 1.29 is 9.53 Å². The Kier molecular flexibility index (Phi) is 2.63. The van der Waals surface area contributed by atoms with Crippen LogP contribution in [-0.2, 0) is 4.74 Å². The molecule has 0 fully saturated rings. The number of rotatable bonds is 2. The number of nitrogens with one attached hydrogen (secondary N) is 3. The number of H-pyrrole nitrogens is 2. The van der Waals surface area contributed by atoms with E-state index in [0.717, 1.165) is 0 Å². The largest absolute Gasteiger partial charge is 0.450 e. The lowest BCUT2D eigenvalue weighted by molar-refractivity contribution is 0.168. The summed E-state index contributed by atoms with van der Waals surface area (Å²) in [4.78, 5) is 27.4. The Hall–Kier alpha value is -2.24. The number of aromatic amines is 2. The van der Waals surface area contributed by atoms with Crippen molar-refractivity contribution in [3.05, 3.63) is 28.7 Å². The SMILES string of the molecule is CCOC(=O)Nc1ccc2[nH]c(=O)[nH]c2c1. The van der Waals surface area contributed by atoms with Gasteiger partial charge in [0, 0.05) is 5.69 Å². The predicted octanol–water partition coefficient (Wildman–Crippen LogP) is 1.42. The molecule has 1 aromatic heterocycles. The summed E-state index contributed by atoms with van der Waals surface area (Å²) in [6.45, 7) is 2.04. The molecule has 84 valence electrons. The van der Waals surface area contributed by atoms with Gasteiger partial charge in [0.1, 0.15) is 0 Å². The Morgan fingerprint density at radius 2 is 2.12 bits per heavy atom. The van der Waals surface area contributed by atoms with Gasteiger partial charge in [0.05, 0.1) is 17.6 Å². The third-order valence-corrected chi connectivity index (χ3v) is 2.04. The van der Waals surface area contributed by atoms with Crippen LogP contribution in [0.1, 0.15) is 6.92 Å². The Bertz CT molecular complexity index is 570. The van der Waals surface area contributed by atoms with Gasteiger partial charge >= 0.3 is 11.8 Å². The molecule has 0 aliphatic rings. The van der Waals surface area contributed by atoms with E-state index in [4.69, 9.17) is 4.74 Å². The number of carbonyl (C=O) groups is 1.